The second-order valence-electron chi connectivity index (χ2n) is 5.33. The lowest BCUT2D eigenvalue weighted by molar-refractivity contribution is -0.131. The van der Waals surface area contributed by atoms with Crippen LogP contribution in [0.2, 0.25) is 0 Å². The number of thiophene rings is 1. The molecule has 0 unspecified atom stereocenters. The molecule has 1 amide bonds. The van der Waals surface area contributed by atoms with E-state index in [0.29, 0.717) is 10.8 Å². The minimum atomic E-state index is -3.44. The summed E-state index contributed by atoms with van der Waals surface area (Å²) in [5.41, 5.74) is 0. The van der Waals surface area contributed by atoms with E-state index in [4.69, 9.17) is 0 Å². The van der Waals surface area contributed by atoms with Crippen molar-refractivity contribution in [2.45, 2.75) is 49.3 Å². The highest BCUT2D eigenvalue weighted by atomic mass is 32.2. The predicted molar refractivity (Wildman–Crippen MR) is 83.8 cm³/mol. The Morgan fingerprint density at radius 1 is 1.38 bits per heavy atom. The number of carbonyl (C=O) groups excluding carboxylic acids is 1. The summed E-state index contributed by atoms with van der Waals surface area (Å²) in [6.45, 7) is 2.25. The molecule has 21 heavy (non-hydrogen) atoms. The summed E-state index contributed by atoms with van der Waals surface area (Å²) in [5, 5.41) is 1.73. The average molecular weight is 330 g/mol. The highest BCUT2D eigenvalue weighted by Crippen LogP contribution is 2.22. The number of sulfonamides is 1. The van der Waals surface area contributed by atoms with Crippen molar-refractivity contribution in [1.29, 1.82) is 0 Å². The van der Waals surface area contributed by atoms with Gasteiger partial charge in [-0.25, -0.2) is 13.1 Å². The molecule has 1 aromatic rings. The van der Waals surface area contributed by atoms with E-state index in [1.807, 2.05) is 4.90 Å². The fourth-order valence-corrected chi connectivity index (χ4v) is 4.84. The van der Waals surface area contributed by atoms with Crippen molar-refractivity contribution in [2.75, 3.05) is 13.1 Å². The molecule has 1 N–H and O–H groups in total. The maximum Gasteiger partial charge on any atom is 0.250 e. The molecule has 0 bridgehead atoms. The summed E-state index contributed by atoms with van der Waals surface area (Å²) in [7, 11) is -3.44. The van der Waals surface area contributed by atoms with Crippen molar-refractivity contribution in [1.82, 2.24) is 9.62 Å². The molecule has 7 heteroatoms. The highest BCUT2D eigenvalue weighted by molar-refractivity contribution is 7.91. The molecule has 0 radical (unpaired) electrons. The van der Waals surface area contributed by atoms with Crippen LogP contribution in [0.4, 0.5) is 0 Å². The van der Waals surface area contributed by atoms with Gasteiger partial charge < -0.3 is 4.90 Å². The van der Waals surface area contributed by atoms with Gasteiger partial charge in [0.25, 0.3) is 0 Å². The fourth-order valence-electron chi connectivity index (χ4n) is 2.78. The first-order valence-corrected chi connectivity index (χ1v) is 9.67. The molecule has 1 fully saturated rings. The summed E-state index contributed by atoms with van der Waals surface area (Å²) in [6, 6.07) is 3.56. The van der Waals surface area contributed by atoms with E-state index in [-0.39, 0.29) is 18.5 Å². The van der Waals surface area contributed by atoms with Crippen molar-refractivity contribution < 1.29 is 13.2 Å². The molecular weight excluding hydrogens is 308 g/mol. The monoisotopic (exact) mass is 330 g/mol. The Hall–Kier alpha value is -0.920. The van der Waals surface area contributed by atoms with Crippen LogP contribution in [0.5, 0.6) is 0 Å². The number of hydrogen-bond donors (Lipinski definition) is 1. The van der Waals surface area contributed by atoms with Crippen LogP contribution < -0.4 is 4.72 Å². The van der Waals surface area contributed by atoms with Crippen LogP contribution in [0.15, 0.2) is 21.7 Å². The quantitative estimate of drug-likeness (QED) is 0.869. The lowest BCUT2D eigenvalue weighted by Crippen LogP contribution is -2.44. The van der Waals surface area contributed by atoms with Crippen molar-refractivity contribution in [2.24, 2.45) is 0 Å². The van der Waals surface area contributed by atoms with E-state index in [9.17, 15) is 13.2 Å². The number of carbonyl (C=O) groups is 1. The second-order valence-corrected chi connectivity index (χ2v) is 8.28. The van der Waals surface area contributed by atoms with Gasteiger partial charge in [0.2, 0.25) is 15.9 Å². The maximum atomic E-state index is 12.0. The maximum absolute atomic E-state index is 12.0. The number of amides is 1. The van der Waals surface area contributed by atoms with Gasteiger partial charge in [-0.05, 0) is 24.3 Å². The van der Waals surface area contributed by atoms with Crippen molar-refractivity contribution in [3.05, 3.63) is 17.5 Å². The van der Waals surface area contributed by atoms with Gasteiger partial charge in [0.1, 0.15) is 4.21 Å². The lowest BCUT2D eigenvalue weighted by Gasteiger charge is -2.33. The summed E-state index contributed by atoms with van der Waals surface area (Å²) in [5.74, 6) is 0.0252. The zero-order valence-corrected chi connectivity index (χ0v) is 13.9. The smallest absolute Gasteiger partial charge is 0.250 e. The van der Waals surface area contributed by atoms with Crippen LogP contribution in [0.1, 0.15) is 39.0 Å². The SMILES string of the molecule is CC(=O)N(CCNS(=O)(=O)c1cccs1)C1CCCCC1. The standard InChI is InChI=1S/C14H22N2O3S2/c1-12(17)16(13-6-3-2-4-7-13)10-9-15-21(18,19)14-8-5-11-20-14/h5,8,11,13,15H,2-4,6-7,9-10H2,1H3. The molecule has 0 spiro atoms. The molecule has 1 aromatic heterocycles. The van der Waals surface area contributed by atoms with Gasteiger partial charge in [0.05, 0.1) is 0 Å². The minimum Gasteiger partial charge on any atom is -0.339 e. The Labute approximate surface area is 130 Å². The van der Waals surface area contributed by atoms with Crippen molar-refractivity contribution in [3.8, 4) is 0 Å². The number of hydrogen-bond acceptors (Lipinski definition) is 4. The number of nitrogens with one attached hydrogen (secondary N) is 1. The summed E-state index contributed by atoms with van der Waals surface area (Å²) in [4.78, 5) is 13.6. The lowest BCUT2D eigenvalue weighted by atomic mass is 9.94. The van der Waals surface area contributed by atoms with E-state index in [1.54, 1.807) is 24.4 Å². The minimum absolute atomic E-state index is 0.0252. The van der Waals surface area contributed by atoms with E-state index < -0.39 is 10.0 Å². The van der Waals surface area contributed by atoms with Crippen LogP contribution in [0.3, 0.4) is 0 Å². The van der Waals surface area contributed by atoms with E-state index in [0.717, 1.165) is 25.7 Å². The molecule has 0 atom stereocenters. The topological polar surface area (TPSA) is 66.5 Å². The van der Waals surface area contributed by atoms with Gasteiger partial charge in [-0.15, -0.1) is 11.3 Å². The molecule has 0 saturated heterocycles. The van der Waals surface area contributed by atoms with Crippen LogP contribution in [0.25, 0.3) is 0 Å². The van der Waals surface area contributed by atoms with Crippen molar-refractivity contribution in [3.63, 3.8) is 0 Å². The summed E-state index contributed by atoms with van der Waals surface area (Å²) >= 11 is 1.19. The molecule has 0 aromatic carbocycles. The second kappa shape index (κ2) is 7.38. The van der Waals surface area contributed by atoms with E-state index in [1.165, 1.54) is 17.8 Å². The molecule has 0 aliphatic heterocycles. The first-order valence-electron chi connectivity index (χ1n) is 7.31. The van der Waals surface area contributed by atoms with E-state index in [2.05, 4.69) is 4.72 Å². The highest BCUT2D eigenvalue weighted by Gasteiger charge is 2.23. The van der Waals surface area contributed by atoms with Gasteiger partial charge >= 0.3 is 0 Å². The Bertz CT molecular complexity index is 549. The van der Waals surface area contributed by atoms with Crippen LogP contribution in [-0.2, 0) is 14.8 Å². The predicted octanol–water partition coefficient (Wildman–Crippen LogP) is 2.21. The number of rotatable bonds is 6. The van der Waals surface area contributed by atoms with Gasteiger partial charge in [0, 0.05) is 26.1 Å². The Balaban J connectivity index is 1.89. The van der Waals surface area contributed by atoms with Gasteiger partial charge in [-0.1, -0.05) is 25.3 Å². The van der Waals surface area contributed by atoms with Gasteiger partial charge in [0.15, 0.2) is 0 Å². The average Bonchev–Trinajstić information content (AvgIpc) is 2.99. The summed E-state index contributed by atoms with van der Waals surface area (Å²) in [6.07, 6.45) is 5.58. The largest absolute Gasteiger partial charge is 0.339 e. The molecule has 5 nitrogen and oxygen atoms in total. The van der Waals surface area contributed by atoms with Crippen LogP contribution in [-0.4, -0.2) is 38.4 Å². The van der Waals surface area contributed by atoms with E-state index >= 15 is 0 Å². The Morgan fingerprint density at radius 2 is 2.10 bits per heavy atom. The Kier molecular flexibility index (Phi) is 5.78. The first kappa shape index (κ1) is 16.5. The van der Waals surface area contributed by atoms with Gasteiger partial charge in [-0.3, -0.25) is 4.79 Å². The third kappa shape index (κ3) is 4.52. The third-order valence-electron chi connectivity index (χ3n) is 3.82. The third-order valence-corrected chi connectivity index (χ3v) is 6.68. The Morgan fingerprint density at radius 3 is 2.67 bits per heavy atom. The first-order chi connectivity index (χ1) is 10.0. The molecule has 1 aliphatic rings. The van der Waals surface area contributed by atoms with Crippen molar-refractivity contribution >= 4 is 27.3 Å². The van der Waals surface area contributed by atoms with Crippen LogP contribution in [0, 0.1) is 0 Å². The molecule has 1 heterocycles. The van der Waals surface area contributed by atoms with Gasteiger partial charge in [-0.2, -0.15) is 0 Å². The molecule has 118 valence electrons. The molecular formula is C14H22N2O3S2. The van der Waals surface area contributed by atoms with Crippen LogP contribution >= 0.6 is 11.3 Å². The number of nitrogens with zero attached hydrogens (tertiary/aromatic N) is 1. The fraction of sp³-hybridized carbons (Fsp3) is 0.643. The zero-order valence-electron chi connectivity index (χ0n) is 12.2. The molecule has 1 aliphatic carbocycles. The summed E-state index contributed by atoms with van der Waals surface area (Å²) < 4.78 is 26.9. The molecule has 2 rings (SSSR count). The molecule has 1 saturated carbocycles. The normalized spacial score (nSPS) is 16.8. The zero-order chi connectivity index (χ0) is 15.3.